The van der Waals surface area contributed by atoms with Crippen molar-refractivity contribution < 1.29 is 62.7 Å². The highest BCUT2D eigenvalue weighted by atomic mass is 35.5. The molecule has 16 heteroatoms. The van der Waals surface area contributed by atoms with Gasteiger partial charge in [-0.2, -0.15) is 0 Å². The SMILES string of the molecule is COC1/C=C/OC2(C)Oc3c(C)c(OC(=O)c4ccccc4Cl)c4c(c3C2=O)C(=O)C(N2CCCC2)=C(NC(=O)/C(C)=C\C=C\C(C)C(O)C(C)C(O)C(C)C(OC(C)=O)C1C)C4=O. The van der Waals surface area contributed by atoms with Crippen molar-refractivity contribution in [1.82, 2.24) is 10.2 Å². The third-order valence-corrected chi connectivity index (χ3v) is 12.9. The van der Waals surface area contributed by atoms with Crippen LogP contribution in [0.25, 0.3) is 0 Å². The number of hydrogen-bond donors (Lipinski definition) is 3. The maximum absolute atomic E-state index is 15.1. The predicted octanol–water partition coefficient (Wildman–Crippen LogP) is 6.22. The Kier molecular flexibility index (Phi) is 14.4. The number of carbonyl (C=O) groups excluding carboxylic acids is 6. The number of hydrogen-bond acceptors (Lipinski definition) is 14. The van der Waals surface area contributed by atoms with Gasteiger partial charge in [-0.25, -0.2) is 4.79 Å². The minimum absolute atomic E-state index is 0.00712. The van der Waals surface area contributed by atoms with Crippen LogP contribution in [-0.4, -0.2) is 101 Å². The van der Waals surface area contributed by atoms with E-state index in [1.807, 2.05) is 0 Å². The summed E-state index contributed by atoms with van der Waals surface area (Å²) >= 11 is 6.37. The third kappa shape index (κ3) is 9.03. The average molecular weight is 903 g/mol. The van der Waals surface area contributed by atoms with Crippen LogP contribution in [0.1, 0.15) is 108 Å². The van der Waals surface area contributed by atoms with Crippen LogP contribution in [0.5, 0.6) is 11.5 Å². The summed E-state index contributed by atoms with van der Waals surface area (Å²) in [6, 6.07) is 6.08. The van der Waals surface area contributed by atoms with Gasteiger partial charge in [0.1, 0.15) is 29.0 Å². The number of amides is 1. The van der Waals surface area contributed by atoms with Crippen LogP contribution in [0.2, 0.25) is 5.02 Å². The summed E-state index contributed by atoms with van der Waals surface area (Å²) in [7, 11) is 1.42. The molecule has 2 aromatic rings. The smallest absolute Gasteiger partial charge is 0.345 e. The lowest BCUT2D eigenvalue weighted by atomic mass is 9.78. The molecule has 342 valence electrons. The first kappa shape index (κ1) is 47.9. The number of carbonyl (C=O) groups is 6. The zero-order chi connectivity index (χ0) is 46.9. The van der Waals surface area contributed by atoms with Gasteiger partial charge in [-0.05, 0) is 44.9 Å². The largest absolute Gasteiger partial charge is 0.462 e. The fourth-order valence-corrected chi connectivity index (χ4v) is 9.02. The molecule has 9 atom stereocenters. The highest BCUT2D eigenvalue weighted by molar-refractivity contribution is 6.34. The molecule has 1 aliphatic carbocycles. The molecule has 3 N–H and O–H groups in total. The third-order valence-electron chi connectivity index (χ3n) is 12.6. The number of halogens is 1. The van der Waals surface area contributed by atoms with Gasteiger partial charge >= 0.3 is 17.7 Å². The van der Waals surface area contributed by atoms with Gasteiger partial charge in [-0.3, -0.25) is 24.0 Å². The first-order valence-corrected chi connectivity index (χ1v) is 21.7. The lowest BCUT2D eigenvalue weighted by Crippen LogP contribution is -2.46. The number of esters is 2. The summed E-state index contributed by atoms with van der Waals surface area (Å²) in [5.41, 5.74) is -1.54. The van der Waals surface area contributed by atoms with E-state index in [0.717, 1.165) is 0 Å². The number of fused-ring (bicyclic) bond motifs is 14. The minimum atomic E-state index is -2.15. The van der Waals surface area contributed by atoms with Gasteiger partial charge in [0.2, 0.25) is 11.6 Å². The number of nitrogens with one attached hydrogen (secondary N) is 1. The number of Topliss-reactive ketones (excluding diaryl/α,β-unsaturated/α-hetero) is 3. The Labute approximate surface area is 377 Å². The fraction of sp³-hybridized carbons (Fsp3) is 0.458. The Hall–Kier alpha value is -5.61. The Morgan fingerprint density at radius 2 is 1.58 bits per heavy atom. The predicted molar refractivity (Wildman–Crippen MR) is 234 cm³/mol. The van der Waals surface area contributed by atoms with Crippen LogP contribution in [0, 0.1) is 30.6 Å². The van der Waals surface area contributed by atoms with Crippen LogP contribution in [0.15, 0.2) is 71.8 Å². The molecular weight excluding hydrogens is 848 g/mol. The molecule has 5 aliphatic rings. The number of nitrogens with zero attached hydrogens (tertiary/aromatic N) is 1. The van der Waals surface area contributed by atoms with Crippen molar-refractivity contribution in [2.45, 2.75) is 98.4 Å². The van der Waals surface area contributed by atoms with E-state index in [9.17, 15) is 29.4 Å². The number of allylic oxidation sites excluding steroid dienone is 4. The molecule has 2 aromatic carbocycles. The molecule has 64 heavy (non-hydrogen) atoms. The van der Waals surface area contributed by atoms with E-state index in [4.69, 9.17) is 35.3 Å². The second-order valence-corrected chi connectivity index (χ2v) is 17.5. The Morgan fingerprint density at radius 1 is 0.906 bits per heavy atom. The second-order valence-electron chi connectivity index (χ2n) is 17.1. The molecular formula is C48H55ClN2O13. The molecule has 5 bridgehead atoms. The summed E-state index contributed by atoms with van der Waals surface area (Å²) in [6.45, 7) is 13.1. The van der Waals surface area contributed by atoms with E-state index in [2.05, 4.69) is 5.32 Å². The van der Waals surface area contributed by atoms with Crippen molar-refractivity contribution in [3.63, 3.8) is 0 Å². The molecule has 0 aromatic heterocycles. The van der Waals surface area contributed by atoms with E-state index < -0.39 is 94.6 Å². The van der Waals surface area contributed by atoms with Crippen molar-refractivity contribution in [1.29, 1.82) is 0 Å². The zero-order valence-corrected chi connectivity index (χ0v) is 38.1. The fourth-order valence-electron chi connectivity index (χ4n) is 8.81. The van der Waals surface area contributed by atoms with Crippen LogP contribution >= 0.6 is 11.6 Å². The average Bonchev–Trinajstić information content (AvgIpc) is 3.88. The van der Waals surface area contributed by atoms with Crippen molar-refractivity contribution >= 4 is 46.8 Å². The van der Waals surface area contributed by atoms with Gasteiger partial charge in [-0.15, -0.1) is 0 Å². The number of ketones is 3. The summed E-state index contributed by atoms with van der Waals surface area (Å²) in [6.07, 6.45) is 4.67. The van der Waals surface area contributed by atoms with Crippen LogP contribution in [0.4, 0.5) is 0 Å². The number of methoxy groups -OCH3 is 1. The minimum Gasteiger partial charge on any atom is -0.462 e. The van der Waals surface area contributed by atoms with Gasteiger partial charge in [0.25, 0.3) is 11.7 Å². The normalized spacial score (nSPS) is 30.8. The van der Waals surface area contributed by atoms with Crippen molar-refractivity contribution in [3.8, 4) is 11.5 Å². The van der Waals surface area contributed by atoms with Crippen LogP contribution in [0.3, 0.4) is 0 Å². The number of ether oxygens (including phenoxy) is 5. The van der Waals surface area contributed by atoms with E-state index in [0.29, 0.717) is 25.9 Å². The van der Waals surface area contributed by atoms with Crippen LogP contribution in [-0.2, 0) is 23.8 Å². The molecule has 15 nitrogen and oxygen atoms in total. The topological polar surface area (TPSA) is 204 Å². The molecule has 0 radical (unpaired) electrons. The zero-order valence-electron chi connectivity index (χ0n) is 37.4. The van der Waals surface area contributed by atoms with E-state index in [-0.39, 0.29) is 55.7 Å². The molecule has 4 heterocycles. The highest BCUT2D eigenvalue weighted by Crippen LogP contribution is 2.50. The van der Waals surface area contributed by atoms with E-state index in [1.54, 1.807) is 56.9 Å². The lowest BCUT2D eigenvalue weighted by molar-refractivity contribution is -0.160. The molecule has 1 fully saturated rings. The molecule has 0 saturated carbocycles. The van der Waals surface area contributed by atoms with Crippen LogP contribution < -0.4 is 14.8 Å². The van der Waals surface area contributed by atoms with Gasteiger partial charge < -0.3 is 44.1 Å². The molecule has 9 unspecified atom stereocenters. The monoisotopic (exact) mass is 902 g/mol. The van der Waals surface area contributed by atoms with Gasteiger partial charge in [-0.1, -0.05) is 69.7 Å². The van der Waals surface area contributed by atoms with E-state index >= 15 is 9.59 Å². The maximum Gasteiger partial charge on any atom is 0.345 e. The van der Waals surface area contributed by atoms with E-state index in [1.165, 1.54) is 65.4 Å². The standard InChI is InChI=1S/C48H55ClN2O13/c1-23-15-14-16-24(2)46(58)50-36-37(51-20-12-13-21-51)41(56)33-34(40(36)55)43(63-47(59)30-17-10-11-18-31(30)49)28(6)44-35(33)45(57)48(8,64-44)61-22-19-32(60-9)25(3)42(62-29(7)52)27(5)39(54)26(4)38(23)53/h10-11,14-19,22-23,25-27,32,38-39,42,53-54H,12-13,20-21H2,1-9H3,(H,50,58)/b15-14+,22-19+,24-16-. The highest BCUT2D eigenvalue weighted by Gasteiger charge is 2.54. The van der Waals surface area contributed by atoms with Gasteiger partial charge in [0.05, 0.1) is 51.9 Å². The molecule has 0 spiro atoms. The lowest BCUT2D eigenvalue weighted by Gasteiger charge is -2.38. The second kappa shape index (κ2) is 19.2. The Bertz CT molecular complexity index is 2380. The van der Waals surface area contributed by atoms with Crippen molar-refractivity contribution in [2.24, 2.45) is 23.7 Å². The summed E-state index contributed by atoms with van der Waals surface area (Å²) in [4.78, 5) is 86.8. The van der Waals surface area contributed by atoms with Crippen molar-refractivity contribution in [2.75, 3.05) is 20.2 Å². The first-order valence-electron chi connectivity index (χ1n) is 21.3. The summed E-state index contributed by atoms with van der Waals surface area (Å²) < 4.78 is 29.8. The Morgan fingerprint density at radius 3 is 2.22 bits per heavy atom. The Balaban J connectivity index is 1.55. The quantitative estimate of drug-likeness (QED) is 0.225. The van der Waals surface area contributed by atoms with Crippen molar-refractivity contribution in [3.05, 3.63) is 105 Å². The number of aliphatic hydroxyl groups excluding tert-OH is 2. The number of likely N-dealkylation sites (tertiary alicyclic amines) is 1. The number of aliphatic hydroxyl groups is 2. The molecule has 1 saturated heterocycles. The number of rotatable bonds is 5. The molecule has 1 amide bonds. The molecule has 4 aliphatic heterocycles. The maximum atomic E-state index is 15.1. The van der Waals surface area contributed by atoms with Gasteiger partial charge in [0, 0.05) is 68.9 Å². The summed E-state index contributed by atoms with van der Waals surface area (Å²) in [5, 5.41) is 25.7. The molecule has 7 rings (SSSR count). The first-order chi connectivity index (χ1) is 30.2. The summed E-state index contributed by atoms with van der Waals surface area (Å²) in [5.74, 6) is -10.1. The number of benzene rings is 2. The van der Waals surface area contributed by atoms with Gasteiger partial charge in [0.15, 0.2) is 0 Å².